The van der Waals surface area contributed by atoms with E-state index in [9.17, 15) is 9.59 Å². The van der Waals surface area contributed by atoms with Crippen molar-refractivity contribution in [1.29, 1.82) is 0 Å². The summed E-state index contributed by atoms with van der Waals surface area (Å²) in [5, 5.41) is 7.81. The molecule has 3 rings (SSSR count). The van der Waals surface area contributed by atoms with Gasteiger partial charge in [-0.1, -0.05) is 35.4 Å². The van der Waals surface area contributed by atoms with E-state index in [4.69, 9.17) is 11.6 Å². The zero-order valence-electron chi connectivity index (χ0n) is 14.6. The third-order valence-corrected chi connectivity index (χ3v) is 4.71. The lowest BCUT2D eigenvalue weighted by molar-refractivity contribution is -0.121. The van der Waals surface area contributed by atoms with Crippen LogP contribution in [0.15, 0.2) is 52.8 Å². The van der Waals surface area contributed by atoms with Crippen LogP contribution < -0.4 is 10.9 Å². The van der Waals surface area contributed by atoms with Crippen LogP contribution >= 0.6 is 11.6 Å². The van der Waals surface area contributed by atoms with E-state index in [-0.39, 0.29) is 18.0 Å². The van der Waals surface area contributed by atoms with E-state index in [0.29, 0.717) is 17.3 Å². The highest BCUT2D eigenvalue weighted by atomic mass is 35.5. The molecular weight excluding hydrogens is 350 g/mol. The van der Waals surface area contributed by atoms with E-state index in [2.05, 4.69) is 16.5 Å². The monoisotopic (exact) mass is 371 g/mol. The van der Waals surface area contributed by atoms with E-state index in [0.717, 1.165) is 24.8 Å². The standard InChI is InChI=1S/C20H22ClN3O2/c21-17-8-6-16(7-9-17)18-10-11-20(26)24(23-18)14-19(25)22-13-12-15-4-2-1-3-5-15/h4,6-11H,1-3,5,12-14H2,(H,22,25). The maximum atomic E-state index is 12.2. The molecule has 0 atom stereocenters. The number of carbonyl (C=O) groups is 1. The molecule has 1 aromatic carbocycles. The summed E-state index contributed by atoms with van der Waals surface area (Å²) in [6.45, 7) is 0.510. The molecule has 1 aromatic heterocycles. The molecule has 26 heavy (non-hydrogen) atoms. The molecule has 2 aromatic rings. The Hall–Kier alpha value is -2.40. The summed E-state index contributed by atoms with van der Waals surface area (Å²) in [6, 6.07) is 10.3. The number of amides is 1. The fourth-order valence-corrected chi connectivity index (χ4v) is 3.15. The molecule has 1 amide bonds. The number of nitrogens with zero attached hydrogens (tertiary/aromatic N) is 2. The fourth-order valence-electron chi connectivity index (χ4n) is 3.02. The first-order chi connectivity index (χ1) is 12.6. The third kappa shape index (κ3) is 5.05. The van der Waals surface area contributed by atoms with Gasteiger partial charge in [-0.15, -0.1) is 0 Å². The average molecular weight is 372 g/mol. The fraction of sp³-hybridized carbons (Fsp3) is 0.350. The van der Waals surface area contributed by atoms with Crippen LogP contribution in [-0.2, 0) is 11.3 Å². The van der Waals surface area contributed by atoms with Crippen LogP contribution in [0.2, 0.25) is 5.02 Å². The molecular formula is C20H22ClN3O2. The van der Waals surface area contributed by atoms with Crippen molar-refractivity contribution < 1.29 is 4.79 Å². The summed E-state index contributed by atoms with van der Waals surface area (Å²) < 4.78 is 1.19. The number of nitrogens with one attached hydrogen (secondary N) is 1. The van der Waals surface area contributed by atoms with E-state index >= 15 is 0 Å². The summed E-state index contributed by atoms with van der Waals surface area (Å²) in [5.41, 5.74) is 2.58. The van der Waals surface area contributed by atoms with Crippen molar-refractivity contribution in [2.24, 2.45) is 0 Å². The third-order valence-electron chi connectivity index (χ3n) is 4.45. The second-order valence-electron chi connectivity index (χ2n) is 6.43. The lowest BCUT2D eigenvalue weighted by atomic mass is 9.97. The van der Waals surface area contributed by atoms with Gasteiger partial charge in [0.2, 0.25) is 5.91 Å². The van der Waals surface area contributed by atoms with Crippen LogP contribution in [0.25, 0.3) is 11.3 Å². The summed E-state index contributed by atoms with van der Waals surface area (Å²) in [6.07, 6.45) is 7.90. The van der Waals surface area contributed by atoms with Crippen LogP contribution in [0.3, 0.4) is 0 Å². The second kappa shape index (κ2) is 8.81. The highest BCUT2D eigenvalue weighted by Crippen LogP contribution is 2.19. The second-order valence-corrected chi connectivity index (χ2v) is 6.87. The van der Waals surface area contributed by atoms with Gasteiger partial charge in [0.05, 0.1) is 5.69 Å². The first-order valence-corrected chi connectivity index (χ1v) is 9.28. The maximum Gasteiger partial charge on any atom is 0.267 e. The van der Waals surface area contributed by atoms with Crippen molar-refractivity contribution in [3.8, 4) is 11.3 Å². The number of hydrogen-bond donors (Lipinski definition) is 1. The van der Waals surface area contributed by atoms with Gasteiger partial charge >= 0.3 is 0 Å². The van der Waals surface area contributed by atoms with Crippen molar-refractivity contribution in [3.05, 3.63) is 63.4 Å². The summed E-state index contributed by atoms with van der Waals surface area (Å²) in [4.78, 5) is 24.2. The molecule has 1 aliphatic rings. The zero-order chi connectivity index (χ0) is 18.4. The van der Waals surface area contributed by atoms with Gasteiger partial charge in [-0.05, 0) is 50.3 Å². The SMILES string of the molecule is O=C(Cn1nc(-c2ccc(Cl)cc2)ccc1=O)NCCC1=CCCCC1. The first kappa shape index (κ1) is 18.4. The number of aromatic nitrogens is 2. The van der Waals surface area contributed by atoms with Crippen molar-refractivity contribution in [2.75, 3.05) is 6.54 Å². The molecule has 0 saturated carbocycles. The molecule has 0 unspecified atom stereocenters. The maximum absolute atomic E-state index is 12.2. The van der Waals surface area contributed by atoms with Gasteiger partial charge in [-0.3, -0.25) is 9.59 Å². The van der Waals surface area contributed by atoms with E-state index in [1.54, 1.807) is 18.2 Å². The number of allylic oxidation sites excluding steroid dienone is 1. The van der Waals surface area contributed by atoms with E-state index in [1.807, 2.05) is 12.1 Å². The lowest BCUT2D eigenvalue weighted by Gasteiger charge is -2.13. The summed E-state index contributed by atoms with van der Waals surface area (Å²) in [7, 11) is 0. The Morgan fingerprint density at radius 2 is 1.96 bits per heavy atom. The molecule has 0 aliphatic heterocycles. The van der Waals surface area contributed by atoms with Gasteiger partial charge in [-0.25, -0.2) is 4.68 Å². The molecule has 0 spiro atoms. The molecule has 6 heteroatoms. The normalized spacial score (nSPS) is 14.0. The van der Waals surface area contributed by atoms with Crippen molar-refractivity contribution in [3.63, 3.8) is 0 Å². The predicted octanol–water partition coefficient (Wildman–Crippen LogP) is 3.57. The van der Waals surface area contributed by atoms with Crippen LogP contribution in [-0.4, -0.2) is 22.2 Å². The molecule has 136 valence electrons. The van der Waals surface area contributed by atoms with Crippen LogP contribution in [0.5, 0.6) is 0 Å². The van der Waals surface area contributed by atoms with Gasteiger partial charge in [0.25, 0.3) is 5.56 Å². The summed E-state index contributed by atoms with van der Waals surface area (Å²) in [5.74, 6) is -0.204. The number of carbonyl (C=O) groups excluding carboxylic acids is 1. The number of halogens is 1. The number of benzene rings is 1. The number of hydrogen-bond acceptors (Lipinski definition) is 3. The molecule has 1 aliphatic carbocycles. The quantitative estimate of drug-likeness (QED) is 0.789. The molecule has 0 fully saturated rings. The zero-order valence-corrected chi connectivity index (χ0v) is 15.3. The van der Waals surface area contributed by atoms with Crippen LogP contribution in [0.1, 0.15) is 32.1 Å². The van der Waals surface area contributed by atoms with Gasteiger partial charge in [0, 0.05) is 23.2 Å². The molecule has 0 radical (unpaired) electrons. The molecule has 0 bridgehead atoms. The van der Waals surface area contributed by atoms with Crippen molar-refractivity contribution in [2.45, 2.75) is 38.6 Å². The molecule has 1 N–H and O–H groups in total. The molecule has 5 nitrogen and oxygen atoms in total. The Morgan fingerprint density at radius 1 is 1.15 bits per heavy atom. The Labute approximate surface area is 157 Å². The minimum Gasteiger partial charge on any atom is -0.354 e. The van der Waals surface area contributed by atoms with Crippen molar-refractivity contribution >= 4 is 17.5 Å². The van der Waals surface area contributed by atoms with Crippen LogP contribution in [0, 0.1) is 0 Å². The molecule has 0 saturated heterocycles. The van der Waals surface area contributed by atoms with Gasteiger partial charge in [0.15, 0.2) is 0 Å². The first-order valence-electron chi connectivity index (χ1n) is 8.90. The predicted molar refractivity (Wildman–Crippen MR) is 103 cm³/mol. The lowest BCUT2D eigenvalue weighted by Crippen LogP contribution is -2.34. The van der Waals surface area contributed by atoms with E-state index in [1.165, 1.54) is 29.2 Å². The number of rotatable bonds is 6. The Morgan fingerprint density at radius 3 is 2.69 bits per heavy atom. The van der Waals surface area contributed by atoms with Crippen molar-refractivity contribution in [1.82, 2.24) is 15.1 Å². The van der Waals surface area contributed by atoms with E-state index < -0.39 is 0 Å². The Kier molecular flexibility index (Phi) is 6.23. The largest absolute Gasteiger partial charge is 0.354 e. The average Bonchev–Trinajstić information content (AvgIpc) is 2.65. The van der Waals surface area contributed by atoms with Gasteiger partial charge < -0.3 is 5.32 Å². The summed E-state index contributed by atoms with van der Waals surface area (Å²) >= 11 is 5.90. The highest BCUT2D eigenvalue weighted by Gasteiger charge is 2.09. The molecule has 1 heterocycles. The van der Waals surface area contributed by atoms with Crippen LogP contribution in [0.4, 0.5) is 0 Å². The highest BCUT2D eigenvalue weighted by molar-refractivity contribution is 6.30. The smallest absolute Gasteiger partial charge is 0.267 e. The Balaban J connectivity index is 1.60. The topological polar surface area (TPSA) is 64.0 Å². The minimum atomic E-state index is -0.298. The minimum absolute atomic E-state index is 0.0840. The Bertz CT molecular complexity index is 856. The van der Waals surface area contributed by atoms with Gasteiger partial charge in [-0.2, -0.15) is 5.10 Å². The van der Waals surface area contributed by atoms with Gasteiger partial charge in [0.1, 0.15) is 6.54 Å².